The Morgan fingerprint density at radius 3 is 2.15 bits per heavy atom. The molecule has 1 aromatic heterocycles. The molecular weight excluding hydrogens is 258 g/mol. The standard InChI is InChI=1S/C13H23N5O2/c1-19-12-15-11(16-13(17-12)20-2)18(9-8-14)10-6-4-3-5-7-10/h10H,3-9,14H2,1-2H3. The van der Waals surface area contributed by atoms with E-state index in [0.717, 1.165) is 19.4 Å². The summed E-state index contributed by atoms with van der Waals surface area (Å²) in [4.78, 5) is 14.9. The van der Waals surface area contributed by atoms with Crippen LogP contribution in [0.2, 0.25) is 0 Å². The molecule has 0 bridgehead atoms. The highest BCUT2D eigenvalue weighted by Crippen LogP contribution is 2.26. The number of anilines is 1. The molecule has 7 nitrogen and oxygen atoms in total. The van der Waals surface area contributed by atoms with E-state index in [0.29, 0.717) is 18.5 Å². The van der Waals surface area contributed by atoms with Crippen molar-refractivity contribution in [3.05, 3.63) is 0 Å². The van der Waals surface area contributed by atoms with Crippen LogP contribution in [0.15, 0.2) is 0 Å². The Morgan fingerprint density at radius 2 is 1.65 bits per heavy atom. The van der Waals surface area contributed by atoms with Crippen molar-refractivity contribution < 1.29 is 9.47 Å². The summed E-state index contributed by atoms with van der Waals surface area (Å²) in [5.74, 6) is 0.589. The lowest BCUT2D eigenvalue weighted by molar-refractivity contribution is 0.336. The molecule has 112 valence electrons. The average Bonchev–Trinajstić information content (AvgIpc) is 2.52. The van der Waals surface area contributed by atoms with E-state index >= 15 is 0 Å². The van der Waals surface area contributed by atoms with Crippen LogP contribution in [0.4, 0.5) is 5.95 Å². The van der Waals surface area contributed by atoms with Gasteiger partial charge in [0.05, 0.1) is 14.2 Å². The molecule has 1 aliphatic rings. The molecule has 1 aliphatic carbocycles. The second kappa shape index (κ2) is 7.23. The third-order valence-corrected chi connectivity index (χ3v) is 3.59. The van der Waals surface area contributed by atoms with Crippen LogP contribution >= 0.6 is 0 Å². The van der Waals surface area contributed by atoms with Gasteiger partial charge in [-0.25, -0.2) is 0 Å². The Hall–Kier alpha value is -1.63. The van der Waals surface area contributed by atoms with Gasteiger partial charge >= 0.3 is 12.0 Å². The maximum Gasteiger partial charge on any atom is 0.324 e. The number of methoxy groups -OCH3 is 2. The molecule has 1 saturated carbocycles. The molecule has 0 aromatic carbocycles. The highest BCUT2D eigenvalue weighted by atomic mass is 16.5. The summed E-state index contributed by atoms with van der Waals surface area (Å²) in [7, 11) is 3.07. The van der Waals surface area contributed by atoms with Crippen molar-refractivity contribution in [3.8, 4) is 12.0 Å². The van der Waals surface area contributed by atoms with Crippen LogP contribution in [-0.4, -0.2) is 48.3 Å². The number of aromatic nitrogens is 3. The highest BCUT2D eigenvalue weighted by Gasteiger charge is 2.24. The number of hydrogen-bond acceptors (Lipinski definition) is 7. The lowest BCUT2D eigenvalue weighted by Crippen LogP contribution is -2.41. The van der Waals surface area contributed by atoms with Crippen LogP contribution in [0.1, 0.15) is 32.1 Å². The minimum Gasteiger partial charge on any atom is -0.467 e. The van der Waals surface area contributed by atoms with Crippen LogP contribution in [-0.2, 0) is 0 Å². The van der Waals surface area contributed by atoms with Gasteiger partial charge in [-0.15, -0.1) is 4.98 Å². The fourth-order valence-corrected chi connectivity index (χ4v) is 2.62. The summed E-state index contributed by atoms with van der Waals surface area (Å²) in [5, 5.41) is 0. The van der Waals surface area contributed by atoms with Gasteiger partial charge in [0.2, 0.25) is 5.95 Å². The molecule has 2 N–H and O–H groups in total. The SMILES string of the molecule is COc1nc(OC)nc(N(CCN)C2CCCCC2)n1. The number of nitrogens with two attached hydrogens (primary N) is 1. The van der Waals surface area contributed by atoms with Gasteiger partial charge in [-0.05, 0) is 12.8 Å². The van der Waals surface area contributed by atoms with E-state index in [9.17, 15) is 0 Å². The first-order chi connectivity index (χ1) is 9.78. The molecule has 2 rings (SSSR count). The molecule has 0 unspecified atom stereocenters. The van der Waals surface area contributed by atoms with E-state index in [2.05, 4.69) is 19.9 Å². The van der Waals surface area contributed by atoms with Crippen molar-refractivity contribution in [2.75, 3.05) is 32.2 Å². The lowest BCUT2D eigenvalue weighted by Gasteiger charge is -2.34. The monoisotopic (exact) mass is 281 g/mol. The number of hydrogen-bond donors (Lipinski definition) is 1. The fourth-order valence-electron chi connectivity index (χ4n) is 2.62. The second-order valence-electron chi connectivity index (χ2n) is 4.88. The van der Waals surface area contributed by atoms with Gasteiger partial charge in [0, 0.05) is 19.1 Å². The first-order valence-corrected chi connectivity index (χ1v) is 7.09. The number of rotatable bonds is 6. The highest BCUT2D eigenvalue weighted by molar-refractivity contribution is 5.34. The van der Waals surface area contributed by atoms with Crippen molar-refractivity contribution in [2.24, 2.45) is 5.73 Å². The molecule has 1 fully saturated rings. The summed E-state index contributed by atoms with van der Waals surface area (Å²) in [6, 6.07) is 0.971. The van der Waals surface area contributed by atoms with Gasteiger partial charge in [-0.2, -0.15) is 9.97 Å². The maximum absolute atomic E-state index is 5.74. The van der Waals surface area contributed by atoms with Crippen molar-refractivity contribution in [2.45, 2.75) is 38.1 Å². The second-order valence-corrected chi connectivity index (χ2v) is 4.88. The van der Waals surface area contributed by atoms with E-state index in [1.807, 2.05) is 0 Å². The van der Waals surface area contributed by atoms with Gasteiger partial charge in [0.25, 0.3) is 0 Å². The van der Waals surface area contributed by atoms with Gasteiger partial charge in [0.1, 0.15) is 0 Å². The molecule has 1 heterocycles. The van der Waals surface area contributed by atoms with Crippen LogP contribution in [0, 0.1) is 0 Å². The van der Waals surface area contributed by atoms with E-state index in [1.165, 1.54) is 33.5 Å². The molecule has 1 aromatic rings. The molecule has 0 radical (unpaired) electrons. The Balaban J connectivity index is 2.27. The first kappa shape index (κ1) is 14.8. The fraction of sp³-hybridized carbons (Fsp3) is 0.769. The normalized spacial score (nSPS) is 15.9. The first-order valence-electron chi connectivity index (χ1n) is 7.09. The maximum atomic E-state index is 5.74. The lowest BCUT2D eigenvalue weighted by atomic mass is 9.94. The van der Waals surface area contributed by atoms with Crippen molar-refractivity contribution >= 4 is 5.95 Å². The zero-order chi connectivity index (χ0) is 14.4. The van der Waals surface area contributed by atoms with Crippen molar-refractivity contribution in [3.63, 3.8) is 0 Å². The predicted molar refractivity (Wildman–Crippen MR) is 76.2 cm³/mol. The summed E-state index contributed by atoms with van der Waals surface area (Å²) >= 11 is 0. The molecule has 0 spiro atoms. The quantitative estimate of drug-likeness (QED) is 0.832. The van der Waals surface area contributed by atoms with Crippen molar-refractivity contribution in [1.29, 1.82) is 0 Å². The largest absolute Gasteiger partial charge is 0.467 e. The Labute approximate surface area is 119 Å². The van der Waals surface area contributed by atoms with Crippen LogP contribution in [0.5, 0.6) is 12.0 Å². The average molecular weight is 281 g/mol. The van der Waals surface area contributed by atoms with Gasteiger partial charge in [-0.3, -0.25) is 0 Å². The van der Waals surface area contributed by atoms with Gasteiger partial charge in [-0.1, -0.05) is 19.3 Å². The van der Waals surface area contributed by atoms with E-state index < -0.39 is 0 Å². The Morgan fingerprint density at radius 1 is 1.05 bits per heavy atom. The Kier molecular flexibility index (Phi) is 5.34. The zero-order valence-electron chi connectivity index (χ0n) is 12.2. The summed E-state index contributed by atoms with van der Waals surface area (Å²) in [6.45, 7) is 1.29. The van der Waals surface area contributed by atoms with Crippen LogP contribution < -0.4 is 20.1 Å². The molecule has 0 saturated heterocycles. The third kappa shape index (κ3) is 3.47. The van der Waals surface area contributed by atoms with E-state index in [-0.39, 0.29) is 12.0 Å². The number of nitrogens with zero attached hydrogens (tertiary/aromatic N) is 4. The molecule has 0 aliphatic heterocycles. The number of ether oxygens (including phenoxy) is 2. The molecule has 7 heteroatoms. The minimum absolute atomic E-state index is 0.268. The van der Waals surface area contributed by atoms with Crippen molar-refractivity contribution in [1.82, 2.24) is 15.0 Å². The summed E-state index contributed by atoms with van der Waals surface area (Å²) < 4.78 is 10.2. The smallest absolute Gasteiger partial charge is 0.324 e. The van der Waals surface area contributed by atoms with Crippen LogP contribution in [0.25, 0.3) is 0 Å². The predicted octanol–water partition coefficient (Wildman–Crippen LogP) is 0.987. The molecule has 0 amide bonds. The molecule has 0 atom stereocenters. The molecule has 20 heavy (non-hydrogen) atoms. The third-order valence-electron chi connectivity index (χ3n) is 3.59. The molecular formula is C13H23N5O2. The summed E-state index contributed by atoms with van der Waals surface area (Å²) in [5.41, 5.74) is 5.74. The minimum atomic E-state index is 0.268. The van der Waals surface area contributed by atoms with Gasteiger partial charge < -0.3 is 20.1 Å². The topological polar surface area (TPSA) is 86.4 Å². The van der Waals surface area contributed by atoms with Gasteiger partial charge in [0.15, 0.2) is 0 Å². The van der Waals surface area contributed by atoms with E-state index in [4.69, 9.17) is 15.2 Å². The zero-order valence-corrected chi connectivity index (χ0v) is 12.2. The summed E-state index contributed by atoms with van der Waals surface area (Å²) in [6.07, 6.45) is 6.08. The van der Waals surface area contributed by atoms with Crippen LogP contribution in [0.3, 0.4) is 0 Å². The van der Waals surface area contributed by atoms with E-state index in [1.54, 1.807) is 0 Å². The Bertz CT molecular complexity index is 401.